The second-order valence-electron chi connectivity index (χ2n) is 8.14. The number of pyridine rings is 1. The summed E-state index contributed by atoms with van der Waals surface area (Å²) in [4.78, 5) is 46.6. The van der Waals surface area contributed by atoms with Gasteiger partial charge in [-0.1, -0.05) is 19.9 Å². The lowest BCUT2D eigenvalue weighted by atomic mass is 9.85. The largest absolute Gasteiger partial charge is 0.368 e. The molecule has 1 aromatic heterocycles. The molecule has 3 rings (SSSR count). The molecule has 1 aromatic rings. The van der Waals surface area contributed by atoms with Crippen LogP contribution in [-0.2, 0) is 16.1 Å². The number of amides is 4. The number of rotatable bonds is 7. The molecule has 2 aliphatic heterocycles. The second kappa shape index (κ2) is 8.26. The third kappa shape index (κ3) is 4.01. The van der Waals surface area contributed by atoms with Gasteiger partial charge < -0.3 is 10.6 Å². The van der Waals surface area contributed by atoms with E-state index in [-0.39, 0.29) is 18.5 Å². The molecule has 0 aliphatic carbocycles. The van der Waals surface area contributed by atoms with Crippen LogP contribution >= 0.6 is 0 Å². The van der Waals surface area contributed by atoms with E-state index in [0.29, 0.717) is 38.4 Å². The monoisotopic (exact) mass is 387 g/mol. The standard InChI is InChI=1S/C20H29N5O3/c1-15(2)5-9-25-19(28)24(14-17(21)26)18(27)20(25)6-10-23(11-7-20)13-16-4-3-8-22-12-16/h3-4,8,12,15H,5-7,9-11,13-14H2,1-2H3,(H2,21,26). The van der Waals surface area contributed by atoms with Crippen molar-refractivity contribution in [3.63, 3.8) is 0 Å². The summed E-state index contributed by atoms with van der Waals surface area (Å²) in [7, 11) is 0. The molecule has 2 saturated heterocycles. The Balaban J connectivity index is 1.75. The van der Waals surface area contributed by atoms with Crippen LogP contribution in [0.1, 0.15) is 38.7 Å². The Hall–Kier alpha value is -2.48. The Morgan fingerprint density at radius 3 is 2.57 bits per heavy atom. The summed E-state index contributed by atoms with van der Waals surface area (Å²) < 4.78 is 0. The van der Waals surface area contributed by atoms with E-state index < -0.39 is 11.4 Å². The van der Waals surface area contributed by atoms with Gasteiger partial charge in [-0.25, -0.2) is 4.79 Å². The van der Waals surface area contributed by atoms with Crippen molar-refractivity contribution in [1.82, 2.24) is 19.7 Å². The highest BCUT2D eigenvalue weighted by atomic mass is 16.2. The van der Waals surface area contributed by atoms with Gasteiger partial charge in [0.2, 0.25) is 5.91 Å². The molecule has 2 N–H and O–H groups in total. The zero-order valence-corrected chi connectivity index (χ0v) is 16.6. The minimum Gasteiger partial charge on any atom is -0.368 e. The summed E-state index contributed by atoms with van der Waals surface area (Å²) in [5, 5.41) is 0. The molecule has 8 nitrogen and oxygen atoms in total. The Kier molecular flexibility index (Phi) is 5.98. The van der Waals surface area contributed by atoms with Gasteiger partial charge in [-0.05, 0) is 36.8 Å². The number of aromatic nitrogens is 1. The lowest BCUT2D eigenvalue weighted by Gasteiger charge is -2.42. The van der Waals surface area contributed by atoms with E-state index in [1.54, 1.807) is 11.1 Å². The van der Waals surface area contributed by atoms with E-state index >= 15 is 0 Å². The van der Waals surface area contributed by atoms with Crippen LogP contribution in [0.15, 0.2) is 24.5 Å². The number of carbonyl (C=O) groups excluding carboxylic acids is 3. The average molecular weight is 387 g/mol. The summed E-state index contributed by atoms with van der Waals surface area (Å²) in [6, 6.07) is 3.56. The number of primary amides is 1. The van der Waals surface area contributed by atoms with Crippen molar-refractivity contribution in [2.24, 2.45) is 11.7 Å². The number of nitrogens with two attached hydrogens (primary N) is 1. The van der Waals surface area contributed by atoms with Crippen molar-refractivity contribution in [2.45, 2.75) is 45.2 Å². The predicted molar refractivity (Wildman–Crippen MR) is 104 cm³/mol. The topological polar surface area (TPSA) is 99.8 Å². The Morgan fingerprint density at radius 2 is 2.00 bits per heavy atom. The molecule has 0 bridgehead atoms. The first-order valence-corrected chi connectivity index (χ1v) is 9.86. The molecule has 2 fully saturated rings. The molecule has 2 aliphatic rings. The van der Waals surface area contributed by atoms with Crippen molar-refractivity contribution < 1.29 is 14.4 Å². The number of piperidine rings is 1. The van der Waals surface area contributed by atoms with E-state index in [4.69, 9.17) is 5.73 Å². The number of imide groups is 1. The van der Waals surface area contributed by atoms with Crippen LogP contribution in [0.2, 0.25) is 0 Å². The summed E-state index contributed by atoms with van der Waals surface area (Å²) in [5.41, 5.74) is 5.54. The zero-order chi connectivity index (χ0) is 20.3. The molecular weight excluding hydrogens is 358 g/mol. The number of urea groups is 1. The number of likely N-dealkylation sites (tertiary alicyclic amines) is 1. The van der Waals surface area contributed by atoms with Crippen LogP contribution in [0.25, 0.3) is 0 Å². The van der Waals surface area contributed by atoms with Gasteiger partial charge >= 0.3 is 6.03 Å². The van der Waals surface area contributed by atoms with Crippen LogP contribution in [0, 0.1) is 5.92 Å². The van der Waals surface area contributed by atoms with Gasteiger partial charge in [0, 0.05) is 38.6 Å². The summed E-state index contributed by atoms with van der Waals surface area (Å²) in [5.74, 6) is -0.534. The van der Waals surface area contributed by atoms with Crippen molar-refractivity contribution in [3.8, 4) is 0 Å². The zero-order valence-electron chi connectivity index (χ0n) is 16.6. The fourth-order valence-corrected chi connectivity index (χ4v) is 4.09. The highest BCUT2D eigenvalue weighted by Gasteiger charge is 2.57. The number of carbonyl (C=O) groups is 3. The third-order valence-corrected chi connectivity index (χ3v) is 5.68. The number of hydrogen-bond acceptors (Lipinski definition) is 5. The maximum Gasteiger partial charge on any atom is 0.328 e. The molecule has 152 valence electrons. The van der Waals surface area contributed by atoms with Gasteiger partial charge in [0.15, 0.2) is 0 Å². The van der Waals surface area contributed by atoms with Crippen molar-refractivity contribution in [3.05, 3.63) is 30.1 Å². The molecule has 0 saturated carbocycles. The molecule has 0 aromatic carbocycles. The molecular formula is C20H29N5O3. The lowest BCUT2D eigenvalue weighted by Crippen LogP contribution is -2.56. The smallest absolute Gasteiger partial charge is 0.328 e. The Morgan fingerprint density at radius 1 is 1.29 bits per heavy atom. The molecule has 28 heavy (non-hydrogen) atoms. The minimum atomic E-state index is -0.854. The molecule has 3 heterocycles. The molecule has 0 unspecified atom stereocenters. The minimum absolute atomic E-state index is 0.277. The van der Waals surface area contributed by atoms with Crippen LogP contribution < -0.4 is 5.73 Å². The normalized spacial score (nSPS) is 19.8. The van der Waals surface area contributed by atoms with Crippen molar-refractivity contribution >= 4 is 17.8 Å². The van der Waals surface area contributed by atoms with Gasteiger partial charge in [-0.15, -0.1) is 0 Å². The summed E-state index contributed by atoms with van der Waals surface area (Å²) in [6.07, 6.45) is 5.52. The van der Waals surface area contributed by atoms with Crippen LogP contribution in [0.3, 0.4) is 0 Å². The van der Waals surface area contributed by atoms with Gasteiger partial charge in [0.1, 0.15) is 12.1 Å². The first-order chi connectivity index (χ1) is 13.3. The summed E-state index contributed by atoms with van der Waals surface area (Å²) >= 11 is 0. The highest BCUT2D eigenvalue weighted by molar-refractivity contribution is 6.09. The van der Waals surface area contributed by atoms with Gasteiger partial charge in [0.25, 0.3) is 5.91 Å². The summed E-state index contributed by atoms with van der Waals surface area (Å²) in [6.45, 7) is 6.52. The molecule has 1 spiro atoms. The third-order valence-electron chi connectivity index (χ3n) is 5.68. The molecule has 0 radical (unpaired) electrons. The quantitative estimate of drug-likeness (QED) is 0.709. The SMILES string of the molecule is CC(C)CCN1C(=O)N(CC(N)=O)C(=O)C12CCN(Cc1cccnc1)CC2. The van der Waals surface area contributed by atoms with E-state index in [1.807, 2.05) is 18.3 Å². The van der Waals surface area contributed by atoms with E-state index in [1.165, 1.54) is 0 Å². The predicted octanol–water partition coefficient (Wildman–Crippen LogP) is 1.21. The van der Waals surface area contributed by atoms with E-state index in [2.05, 4.69) is 23.7 Å². The maximum absolute atomic E-state index is 13.2. The second-order valence-corrected chi connectivity index (χ2v) is 8.14. The molecule has 8 heteroatoms. The van der Waals surface area contributed by atoms with Crippen molar-refractivity contribution in [1.29, 1.82) is 0 Å². The number of nitrogens with zero attached hydrogens (tertiary/aromatic N) is 4. The Bertz CT molecular complexity index is 729. The van der Waals surface area contributed by atoms with Crippen LogP contribution in [-0.4, -0.2) is 69.2 Å². The average Bonchev–Trinajstić information content (AvgIpc) is 2.84. The highest BCUT2D eigenvalue weighted by Crippen LogP contribution is 2.38. The first-order valence-electron chi connectivity index (χ1n) is 9.86. The van der Waals surface area contributed by atoms with Crippen LogP contribution in [0.5, 0.6) is 0 Å². The first kappa shape index (κ1) is 20.3. The van der Waals surface area contributed by atoms with E-state index in [0.717, 1.165) is 23.4 Å². The van der Waals surface area contributed by atoms with Gasteiger partial charge in [-0.2, -0.15) is 0 Å². The van der Waals surface area contributed by atoms with Crippen LogP contribution in [0.4, 0.5) is 4.79 Å². The Labute approximate surface area is 165 Å². The van der Waals surface area contributed by atoms with Crippen molar-refractivity contribution in [2.75, 3.05) is 26.2 Å². The molecule has 0 atom stereocenters. The molecule has 4 amide bonds. The van der Waals surface area contributed by atoms with E-state index in [9.17, 15) is 14.4 Å². The van der Waals surface area contributed by atoms with Gasteiger partial charge in [-0.3, -0.25) is 24.4 Å². The fourth-order valence-electron chi connectivity index (χ4n) is 4.09. The van der Waals surface area contributed by atoms with Gasteiger partial charge in [0.05, 0.1) is 0 Å². The fraction of sp³-hybridized carbons (Fsp3) is 0.600. The lowest BCUT2D eigenvalue weighted by molar-refractivity contribution is -0.137. The maximum atomic E-state index is 13.2. The number of hydrogen-bond donors (Lipinski definition) is 1.